The number of pyridine rings is 1. The summed E-state index contributed by atoms with van der Waals surface area (Å²) in [6.07, 6.45) is 3.59. The molecule has 3 aliphatic rings. The van der Waals surface area contributed by atoms with Crippen molar-refractivity contribution in [3.05, 3.63) is 34.2 Å². The molecule has 0 N–H and O–H groups in total. The first-order valence-electron chi connectivity index (χ1n) is 7.83. The number of ether oxygens (including phenoxy) is 1. The summed E-state index contributed by atoms with van der Waals surface area (Å²) in [4.78, 5) is 14.7. The zero-order chi connectivity index (χ0) is 13.5. The molecule has 21 heavy (non-hydrogen) atoms. The van der Waals surface area contributed by atoms with Crippen molar-refractivity contribution in [1.82, 2.24) is 9.47 Å². The summed E-state index contributed by atoms with van der Waals surface area (Å²) in [5.74, 6) is 1.18. The number of fused-ring (bicyclic) bond motifs is 4. The van der Waals surface area contributed by atoms with Crippen molar-refractivity contribution >= 4 is 12.4 Å². The van der Waals surface area contributed by atoms with Crippen LogP contribution in [0, 0.1) is 5.92 Å². The fraction of sp³-hybridized carbons (Fsp3) is 0.688. The van der Waals surface area contributed by atoms with Gasteiger partial charge in [-0.2, -0.15) is 0 Å². The van der Waals surface area contributed by atoms with Crippen LogP contribution in [0.25, 0.3) is 0 Å². The zero-order valence-corrected chi connectivity index (χ0v) is 13.1. The van der Waals surface area contributed by atoms with Gasteiger partial charge in [0, 0.05) is 56.6 Å². The van der Waals surface area contributed by atoms with E-state index in [0.29, 0.717) is 17.9 Å². The Morgan fingerprint density at radius 1 is 1.10 bits per heavy atom. The molecule has 0 radical (unpaired) electrons. The third-order valence-electron chi connectivity index (χ3n) is 5.22. The molecule has 3 aliphatic heterocycles. The number of halogens is 1. The molecule has 4 heterocycles. The average molecular weight is 311 g/mol. The Hall–Kier alpha value is -0.840. The second-order valence-corrected chi connectivity index (χ2v) is 6.50. The standard InChI is InChI=1S/C16H22N2O2.ClH/c19-16-3-1-2-15-13-8-12(10-18(15)16)9-17(11-13)14-4-6-20-7-5-14;/h1-3,12-14H,4-11H2;1H. The van der Waals surface area contributed by atoms with Crippen LogP contribution in [0.5, 0.6) is 0 Å². The first kappa shape index (κ1) is 15.1. The predicted octanol–water partition coefficient (Wildman–Crippen LogP) is 1.87. The Bertz CT molecular complexity index is 553. The van der Waals surface area contributed by atoms with Gasteiger partial charge in [0.2, 0.25) is 0 Å². The maximum atomic E-state index is 12.0. The lowest BCUT2D eigenvalue weighted by atomic mass is 9.82. The van der Waals surface area contributed by atoms with Gasteiger partial charge in [0.1, 0.15) is 0 Å². The molecule has 2 saturated heterocycles. The average Bonchev–Trinajstić information content (AvgIpc) is 2.49. The Morgan fingerprint density at radius 2 is 1.90 bits per heavy atom. The van der Waals surface area contributed by atoms with Crippen LogP contribution in [0.1, 0.15) is 30.9 Å². The second kappa shape index (κ2) is 6.11. The quantitative estimate of drug-likeness (QED) is 0.794. The van der Waals surface area contributed by atoms with E-state index in [1.54, 1.807) is 6.07 Å². The number of likely N-dealkylation sites (tertiary alicyclic amines) is 1. The normalized spacial score (nSPS) is 29.5. The number of hydrogen-bond donors (Lipinski definition) is 0. The Balaban J connectivity index is 0.00000132. The second-order valence-electron chi connectivity index (χ2n) is 6.50. The number of hydrogen-bond acceptors (Lipinski definition) is 3. The molecule has 0 saturated carbocycles. The van der Waals surface area contributed by atoms with Gasteiger partial charge in [0.25, 0.3) is 5.56 Å². The van der Waals surface area contributed by atoms with Crippen LogP contribution in [0.3, 0.4) is 0 Å². The highest BCUT2D eigenvalue weighted by atomic mass is 35.5. The largest absolute Gasteiger partial charge is 0.381 e. The molecule has 4 nitrogen and oxygen atoms in total. The molecule has 0 aliphatic carbocycles. The molecule has 5 heteroatoms. The predicted molar refractivity (Wildman–Crippen MR) is 84.2 cm³/mol. The van der Waals surface area contributed by atoms with Crippen LogP contribution in [0.4, 0.5) is 0 Å². The van der Waals surface area contributed by atoms with Crippen molar-refractivity contribution in [2.75, 3.05) is 26.3 Å². The topological polar surface area (TPSA) is 34.5 Å². The Kier molecular flexibility index (Phi) is 4.38. The van der Waals surface area contributed by atoms with Crippen LogP contribution < -0.4 is 5.56 Å². The highest BCUT2D eigenvalue weighted by molar-refractivity contribution is 5.85. The van der Waals surface area contributed by atoms with Crippen molar-refractivity contribution in [2.45, 2.75) is 37.8 Å². The first-order valence-corrected chi connectivity index (χ1v) is 7.83. The molecule has 2 atom stereocenters. The van der Waals surface area contributed by atoms with Gasteiger partial charge in [0.05, 0.1) is 0 Å². The molecule has 0 aromatic carbocycles. The van der Waals surface area contributed by atoms with Crippen molar-refractivity contribution in [2.24, 2.45) is 5.92 Å². The molecular formula is C16H23ClN2O2. The molecule has 116 valence electrons. The summed E-state index contributed by atoms with van der Waals surface area (Å²) in [5, 5.41) is 0. The maximum absolute atomic E-state index is 12.0. The van der Waals surface area contributed by atoms with Gasteiger partial charge in [-0.3, -0.25) is 9.69 Å². The van der Waals surface area contributed by atoms with E-state index in [9.17, 15) is 4.79 Å². The van der Waals surface area contributed by atoms with E-state index in [1.807, 2.05) is 10.6 Å². The lowest BCUT2D eigenvalue weighted by Crippen LogP contribution is -2.51. The minimum absolute atomic E-state index is 0. The molecule has 4 rings (SSSR count). The van der Waals surface area contributed by atoms with Gasteiger partial charge in [0.15, 0.2) is 0 Å². The van der Waals surface area contributed by atoms with Crippen LogP contribution in [-0.2, 0) is 11.3 Å². The van der Waals surface area contributed by atoms with Crippen LogP contribution in [-0.4, -0.2) is 41.8 Å². The van der Waals surface area contributed by atoms with E-state index in [0.717, 1.165) is 32.8 Å². The van der Waals surface area contributed by atoms with Crippen LogP contribution >= 0.6 is 12.4 Å². The van der Waals surface area contributed by atoms with E-state index in [1.165, 1.54) is 25.0 Å². The molecule has 0 amide bonds. The maximum Gasteiger partial charge on any atom is 0.250 e. The monoisotopic (exact) mass is 310 g/mol. The molecule has 1 aromatic heterocycles. The minimum atomic E-state index is 0. The van der Waals surface area contributed by atoms with Gasteiger partial charge in [-0.1, -0.05) is 6.07 Å². The minimum Gasteiger partial charge on any atom is -0.381 e. The van der Waals surface area contributed by atoms with Gasteiger partial charge in [-0.25, -0.2) is 0 Å². The molecule has 1 aromatic rings. The van der Waals surface area contributed by atoms with Gasteiger partial charge in [-0.05, 0) is 31.2 Å². The summed E-state index contributed by atoms with van der Waals surface area (Å²) in [6.45, 7) is 5.00. The Labute approximate surface area is 131 Å². The summed E-state index contributed by atoms with van der Waals surface area (Å²) >= 11 is 0. The number of piperidine rings is 1. The van der Waals surface area contributed by atoms with E-state index in [4.69, 9.17) is 4.74 Å². The van der Waals surface area contributed by atoms with E-state index < -0.39 is 0 Å². The summed E-state index contributed by atoms with van der Waals surface area (Å²) in [7, 11) is 0. The van der Waals surface area contributed by atoms with Crippen molar-refractivity contribution in [1.29, 1.82) is 0 Å². The number of nitrogens with zero attached hydrogens (tertiary/aromatic N) is 2. The van der Waals surface area contributed by atoms with Crippen molar-refractivity contribution in [3.63, 3.8) is 0 Å². The fourth-order valence-corrected chi connectivity index (χ4v) is 4.28. The van der Waals surface area contributed by atoms with Gasteiger partial charge < -0.3 is 9.30 Å². The Morgan fingerprint density at radius 3 is 2.71 bits per heavy atom. The van der Waals surface area contributed by atoms with Gasteiger partial charge >= 0.3 is 0 Å². The lowest BCUT2D eigenvalue weighted by Gasteiger charge is -2.46. The van der Waals surface area contributed by atoms with E-state index >= 15 is 0 Å². The molecular weight excluding hydrogens is 288 g/mol. The third-order valence-corrected chi connectivity index (χ3v) is 5.22. The molecule has 0 spiro atoms. The smallest absolute Gasteiger partial charge is 0.250 e. The summed E-state index contributed by atoms with van der Waals surface area (Å²) < 4.78 is 7.50. The zero-order valence-electron chi connectivity index (χ0n) is 12.2. The summed E-state index contributed by atoms with van der Waals surface area (Å²) in [6, 6.07) is 6.45. The highest BCUT2D eigenvalue weighted by Gasteiger charge is 2.37. The molecule has 2 unspecified atom stereocenters. The van der Waals surface area contributed by atoms with Gasteiger partial charge in [-0.15, -0.1) is 12.4 Å². The summed E-state index contributed by atoms with van der Waals surface area (Å²) in [5.41, 5.74) is 1.43. The van der Waals surface area contributed by atoms with E-state index in [-0.39, 0.29) is 18.0 Å². The lowest BCUT2D eigenvalue weighted by molar-refractivity contribution is 0.00587. The van der Waals surface area contributed by atoms with Crippen LogP contribution in [0.2, 0.25) is 0 Å². The van der Waals surface area contributed by atoms with Crippen molar-refractivity contribution < 1.29 is 4.74 Å². The van der Waals surface area contributed by atoms with E-state index in [2.05, 4.69) is 11.0 Å². The van der Waals surface area contributed by atoms with Crippen molar-refractivity contribution in [3.8, 4) is 0 Å². The third kappa shape index (κ3) is 2.77. The molecule has 2 bridgehead atoms. The first-order chi connectivity index (χ1) is 9.81. The fourth-order valence-electron chi connectivity index (χ4n) is 4.28. The number of rotatable bonds is 1. The highest BCUT2D eigenvalue weighted by Crippen LogP contribution is 2.36. The van der Waals surface area contributed by atoms with Crippen LogP contribution in [0.15, 0.2) is 23.0 Å². The molecule has 2 fully saturated rings. The SMILES string of the molecule is Cl.O=c1cccc2n1CC1CC2CN(C2CCOCC2)C1. The number of aromatic nitrogens is 1.